The lowest BCUT2D eigenvalue weighted by Gasteiger charge is -2.44. The summed E-state index contributed by atoms with van der Waals surface area (Å²) >= 11 is 6.09. The molecule has 1 amide bonds. The van der Waals surface area contributed by atoms with E-state index in [0.29, 0.717) is 34.8 Å². The van der Waals surface area contributed by atoms with Crippen molar-refractivity contribution >= 4 is 17.5 Å². The summed E-state index contributed by atoms with van der Waals surface area (Å²) in [4.78, 5) is 15.4. The molecule has 0 aliphatic carbocycles. The van der Waals surface area contributed by atoms with Crippen LogP contribution in [-0.2, 0) is 0 Å². The van der Waals surface area contributed by atoms with Crippen LogP contribution in [0.25, 0.3) is 5.69 Å². The smallest absolute Gasteiger partial charge is 0.253 e. The van der Waals surface area contributed by atoms with Crippen LogP contribution in [0.15, 0.2) is 24.5 Å². The highest BCUT2D eigenvalue weighted by Gasteiger charge is 2.33. The molecule has 2 aromatic rings. The normalized spacial score (nSPS) is 23.4. The molecular formula is C18H23ClN6O. The Bertz CT molecular complexity index is 763. The van der Waals surface area contributed by atoms with Gasteiger partial charge in [0.25, 0.3) is 5.91 Å². The number of hydrogen-bond donors (Lipinski definition) is 1. The Labute approximate surface area is 157 Å². The van der Waals surface area contributed by atoms with Crippen molar-refractivity contribution in [2.45, 2.75) is 38.1 Å². The van der Waals surface area contributed by atoms with Gasteiger partial charge in [-0.25, -0.2) is 0 Å². The lowest BCUT2D eigenvalue weighted by atomic mass is 9.83. The molecule has 1 aromatic carbocycles. The van der Waals surface area contributed by atoms with Crippen LogP contribution in [0.4, 0.5) is 0 Å². The van der Waals surface area contributed by atoms with Crippen LogP contribution in [-0.4, -0.2) is 56.7 Å². The minimum atomic E-state index is -0.111. The summed E-state index contributed by atoms with van der Waals surface area (Å²) in [5, 5.41) is 14.8. The second kappa shape index (κ2) is 7.72. The molecule has 4 rings (SSSR count). The molecule has 0 spiro atoms. The number of hydrogen-bond acceptors (Lipinski definition) is 5. The molecule has 7 nitrogen and oxygen atoms in total. The summed E-state index contributed by atoms with van der Waals surface area (Å²) in [6.45, 7) is 3.11. The van der Waals surface area contributed by atoms with Gasteiger partial charge in [0.1, 0.15) is 6.33 Å². The van der Waals surface area contributed by atoms with Gasteiger partial charge in [-0.3, -0.25) is 4.79 Å². The third-order valence-electron chi connectivity index (χ3n) is 5.55. The van der Waals surface area contributed by atoms with Crippen molar-refractivity contribution in [1.82, 2.24) is 30.4 Å². The first-order valence-corrected chi connectivity index (χ1v) is 9.65. The van der Waals surface area contributed by atoms with Gasteiger partial charge in [0, 0.05) is 17.6 Å². The lowest BCUT2D eigenvalue weighted by molar-refractivity contribution is 0.0575. The fourth-order valence-corrected chi connectivity index (χ4v) is 4.46. The Morgan fingerprint density at radius 2 is 2.12 bits per heavy atom. The quantitative estimate of drug-likeness (QED) is 0.888. The van der Waals surface area contributed by atoms with Crippen molar-refractivity contribution in [2.75, 3.05) is 19.6 Å². The van der Waals surface area contributed by atoms with Crippen molar-refractivity contribution in [1.29, 1.82) is 0 Å². The number of nitrogens with one attached hydrogen (secondary N) is 1. The molecule has 2 aliphatic rings. The minimum Gasteiger partial charge on any atom is -0.352 e. The van der Waals surface area contributed by atoms with Crippen LogP contribution < -0.4 is 5.32 Å². The van der Waals surface area contributed by atoms with E-state index in [1.54, 1.807) is 18.2 Å². The highest BCUT2D eigenvalue weighted by atomic mass is 35.5. The highest BCUT2D eigenvalue weighted by molar-refractivity contribution is 6.31. The van der Waals surface area contributed by atoms with E-state index in [0.717, 1.165) is 0 Å². The number of piperidine rings is 2. The molecular weight excluding hydrogens is 352 g/mol. The number of carbonyl (C=O) groups excluding carboxylic acids is 1. The molecule has 2 saturated heterocycles. The number of benzene rings is 1. The third-order valence-corrected chi connectivity index (χ3v) is 5.79. The van der Waals surface area contributed by atoms with Crippen LogP contribution in [0, 0.1) is 5.92 Å². The Morgan fingerprint density at radius 1 is 1.23 bits per heavy atom. The second-order valence-corrected chi connectivity index (χ2v) is 7.56. The van der Waals surface area contributed by atoms with Crippen LogP contribution in [0.2, 0.25) is 5.02 Å². The highest BCUT2D eigenvalue weighted by Crippen LogP contribution is 2.30. The number of fused-ring (bicyclic) bond motifs is 1. The third kappa shape index (κ3) is 3.59. The van der Waals surface area contributed by atoms with Crippen molar-refractivity contribution in [2.24, 2.45) is 5.92 Å². The van der Waals surface area contributed by atoms with E-state index < -0.39 is 0 Å². The molecule has 0 bridgehead atoms. The Morgan fingerprint density at radius 3 is 2.96 bits per heavy atom. The van der Waals surface area contributed by atoms with Crippen LogP contribution in [0.3, 0.4) is 0 Å². The molecule has 138 valence electrons. The maximum Gasteiger partial charge on any atom is 0.253 e. The molecule has 0 radical (unpaired) electrons. The number of aromatic nitrogens is 4. The van der Waals surface area contributed by atoms with Gasteiger partial charge in [-0.05, 0) is 73.3 Å². The Balaban J connectivity index is 1.47. The molecule has 0 saturated carbocycles. The number of rotatable bonds is 4. The van der Waals surface area contributed by atoms with Crippen molar-refractivity contribution < 1.29 is 4.79 Å². The predicted molar refractivity (Wildman–Crippen MR) is 98.4 cm³/mol. The number of tetrazole rings is 1. The summed E-state index contributed by atoms with van der Waals surface area (Å²) in [6.07, 6.45) is 7.71. The van der Waals surface area contributed by atoms with Gasteiger partial charge in [-0.15, -0.1) is 5.10 Å². The molecule has 1 N–H and O–H groups in total. The topological polar surface area (TPSA) is 75.9 Å². The number of amides is 1. The zero-order chi connectivity index (χ0) is 17.9. The summed E-state index contributed by atoms with van der Waals surface area (Å²) < 4.78 is 1.46. The summed E-state index contributed by atoms with van der Waals surface area (Å²) in [7, 11) is 0. The number of carbonyl (C=O) groups is 1. The summed E-state index contributed by atoms with van der Waals surface area (Å²) in [6, 6.07) is 5.76. The van der Waals surface area contributed by atoms with Crippen LogP contribution in [0.5, 0.6) is 0 Å². The van der Waals surface area contributed by atoms with Gasteiger partial charge in [-0.1, -0.05) is 18.0 Å². The first kappa shape index (κ1) is 17.4. The van der Waals surface area contributed by atoms with E-state index in [1.807, 2.05) is 0 Å². The predicted octanol–water partition coefficient (Wildman–Crippen LogP) is 2.31. The standard InChI is InChI=1S/C18H23ClN6O/c19-14-6-7-15(17(10-14)25-12-21-22-23-25)18(26)20-11-13-4-3-9-24-8-2-1-5-16(13)24/h6-7,10,12-13,16H,1-5,8-9,11H2,(H,20,26). The molecule has 2 atom stereocenters. The molecule has 2 aliphatic heterocycles. The maximum absolute atomic E-state index is 12.8. The molecule has 2 fully saturated rings. The number of halogens is 1. The SMILES string of the molecule is O=C(NCC1CCCN2CCCCC12)c1ccc(Cl)cc1-n1cnnn1. The minimum absolute atomic E-state index is 0.111. The zero-order valence-corrected chi connectivity index (χ0v) is 15.4. The van der Waals surface area contributed by atoms with Crippen LogP contribution in [0.1, 0.15) is 42.5 Å². The molecule has 1 aromatic heterocycles. The summed E-state index contributed by atoms with van der Waals surface area (Å²) in [5.41, 5.74) is 1.11. The maximum atomic E-state index is 12.8. The summed E-state index contributed by atoms with van der Waals surface area (Å²) in [5.74, 6) is 0.414. The molecule has 2 unspecified atom stereocenters. The first-order valence-electron chi connectivity index (χ1n) is 9.27. The molecule has 8 heteroatoms. The van der Waals surface area contributed by atoms with Gasteiger partial charge in [0.2, 0.25) is 0 Å². The molecule has 26 heavy (non-hydrogen) atoms. The lowest BCUT2D eigenvalue weighted by Crippen LogP contribution is -2.51. The van der Waals surface area contributed by atoms with Crippen LogP contribution >= 0.6 is 11.6 Å². The average Bonchev–Trinajstić information content (AvgIpc) is 3.20. The first-order chi connectivity index (χ1) is 12.7. The van der Waals surface area contributed by atoms with Gasteiger partial charge in [0.05, 0.1) is 11.3 Å². The van der Waals surface area contributed by atoms with E-state index >= 15 is 0 Å². The fourth-order valence-electron chi connectivity index (χ4n) is 4.29. The number of nitrogens with zero attached hydrogens (tertiary/aromatic N) is 5. The van der Waals surface area contributed by atoms with E-state index in [-0.39, 0.29) is 5.91 Å². The second-order valence-electron chi connectivity index (χ2n) is 7.13. The Kier molecular flexibility index (Phi) is 5.17. The molecule has 3 heterocycles. The average molecular weight is 375 g/mol. The van der Waals surface area contributed by atoms with Gasteiger partial charge in [0.15, 0.2) is 0 Å². The Hall–Kier alpha value is -1.99. The zero-order valence-electron chi connectivity index (χ0n) is 14.6. The van der Waals surface area contributed by atoms with E-state index in [4.69, 9.17) is 11.6 Å². The van der Waals surface area contributed by atoms with Crippen molar-refractivity contribution in [3.05, 3.63) is 35.1 Å². The van der Waals surface area contributed by atoms with Gasteiger partial charge < -0.3 is 10.2 Å². The van der Waals surface area contributed by atoms with Gasteiger partial charge in [-0.2, -0.15) is 4.68 Å². The monoisotopic (exact) mass is 374 g/mol. The fraction of sp³-hybridized carbons (Fsp3) is 0.556. The van der Waals surface area contributed by atoms with E-state index in [2.05, 4.69) is 25.7 Å². The van der Waals surface area contributed by atoms with E-state index in [1.165, 1.54) is 56.2 Å². The van der Waals surface area contributed by atoms with Crippen molar-refractivity contribution in [3.63, 3.8) is 0 Å². The van der Waals surface area contributed by atoms with Crippen molar-refractivity contribution in [3.8, 4) is 5.69 Å². The largest absolute Gasteiger partial charge is 0.352 e. The van der Waals surface area contributed by atoms with E-state index in [9.17, 15) is 4.79 Å². The van der Waals surface area contributed by atoms with Gasteiger partial charge >= 0.3 is 0 Å².